The Bertz CT molecular complexity index is 496. The van der Waals surface area contributed by atoms with Crippen LogP contribution in [0.2, 0.25) is 0 Å². The Labute approximate surface area is 114 Å². The number of ether oxygens (including phenoxy) is 1. The smallest absolute Gasteiger partial charge is 0.341 e. The quantitative estimate of drug-likeness (QED) is 0.816. The van der Waals surface area contributed by atoms with Gasteiger partial charge in [-0.1, -0.05) is 17.7 Å². The minimum atomic E-state index is -1.05. The summed E-state index contributed by atoms with van der Waals surface area (Å²) in [7, 11) is 0. The molecule has 0 fully saturated rings. The van der Waals surface area contributed by atoms with Crippen LogP contribution < -0.4 is 5.43 Å². The van der Waals surface area contributed by atoms with Crippen molar-refractivity contribution >= 4 is 29.2 Å². The van der Waals surface area contributed by atoms with E-state index in [1.54, 1.807) is 6.08 Å². The number of nitrogens with one attached hydrogen (secondary N) is 1. The zero-order chi connectivity index (χ0) is 13.8. The van der Waals surface area contributed by atoms with E-state index < -0.39 is 12.6 Å². The number of carboxylic acids is 1. The standard InChI is InChI=1S/C12H13ClN2O4/c13-8-5-7(9-2-4-11(16)15-14-9)1-3-10(8)19-6-12(17)18/h1,3,7H,2,4-6H2,(H,15,16)(H,17,18). The van der Waals surface area contributed by atoms with Gasteiger partial charge >= 0.3 is 5.97 Å². The molecule has 0 bridgehead atoms. The number of carbonyl (C=O) groups excluding carboxylic acids is 1. The fourth-order valence-corrected chi connectivity index (χ4v) is 2.19. The molecule has 2 rings (SSSR count). The number of hydrogen-bond acceptors (Lipinski definition) is 4. The van der Waals surface area contributed by atoms with Crippen molar-refractivity contribution in [3.63, 3.8) is 0 Å². The topological polar surface area (TPSA) is 88.0 Å². The summed E-state index contributed by atoms with van der Waals surface area (Å²) < 4.78 is 5.06. The third kappa shape index (κ3) is 3.57. The highest BCUT2D eigenvalue weighted by atomic mass is 35.5. The van der Waals surface area contributed by atoms with Gasteiger partial charge in [-0.15, -0.1) is 0 Å². The third-order valence-corrected chi connectivity index (χ3v) is 3.20. The average molecular weight is 285 g/mol. The fourth-order valence-electron chi connectivity index (χ4n) is 1.91. The predicted octanol–water partition coefficient (Wildman–Crippen LogP) is 1.38. The average Bonchev–Trinajstić information content (AvgIpc) is 2.38. The van der Waals surface area contributed by atoms with E-state index in [9.17, 15) is 9.59 Å². The lowest BCUT2D eigenvalue weighted by molar-refractivity contribution is -0.140. The molecule has 19 heavy (non-hydrogen) atoms. The van der Waals surface area contributed by atoms with E-state index in [1.807, 2.05) is 6.08 Å². The van der Waals surface area contributed by atoms with Crippen molar-refractivity contribution < 1.29 is 19.4 Å². The van der Waals surface area contributed by atoms with E-state index in [0.717, 1.165) is 5.71 Å². The van der Waals surface area contributed by atoms with Crippen molar-refractivity contribution in [1.29, 1.82) is 0 Å². The Morgan fingerprint density at radius 2 is 2.37 bits per heavy atom. The van der Waals surface area contributed by atoms with Crippen molar-refractivity contribution in [2.24, 2.45) is 11.0 Å². The van der Waals surface area contributed by atoms with E-state index in [2.05, 4.69) is 10.5 Å². The molecule has 1 amide bonds. The normalized spacial score (nSPS) is 22.9. The van der Waals surface area contributed by atoms with E-state index in [4.69, 9.17) is 21.4 Å². The summed E-state index contributed by atoms with van der Waals surface area (Å²) in [5, 5.41) is 13.0. The molecule has 2 N–H and O–H groups in total. The number of amides is 1. The number of halogens is 1. The van der Waals surface area contributed by atoms with Crippen LogP contribution in [-0.4, -0.2) is 29.3 Å². The Morgan fingerprint density at radius 1 is 1.58 bits per heavy atom. The molecule has 1 unspecified atom stereocenters. The SMILES string of the molecule is O=C(O)COC1=C(Cl)CC(C2=NNC(=O)CC2)C=C1. The number of hydrazone groups is 1. The van der Waals surface area contributed by atoms with Gasteiger partial charge in [0, 0.05) is 18.1 Å². The number of rotatable bonds is 4. The molecule has 7 heteroatoms. The molecule has 0 aromatic carbocycles. The van der Waals surface area contributed by atoms with Gasteiger partial charge in [-0.2, -0.15) is 5.10 Å². The Morgan fingerprint density at radius 3 is 2.95 bits per heavy atom. The first-order valence-electron chi connectivity index (χ1n) is 5.83. The summed E-state index contributed by atoms with van der Waals surface area (Å²) in [5.41, 5.74) is 3.31. The molecule has 2 aliphatic rings. The van der Waals surface area contributed by atoms with Crippen LogP contribution in [0.25, 0.3) is 0 Å². The first-order chi connectivity index (χ1) is 9.06. The molecule has 0 saturated carbocycles. The number of carbonyl (C=O) groups is 2. The number of allylic oxidation sites excluding steroid dienone is 3. The predicted molar refractivity (Wildman–Crippen MR) is 68.5 cm³/mol. The molecule has 1 heterocycles. The van der Waals surface area contributed by atoms with Crippen LogP contribution in [0.1, 0.15) is 19.3 Å². The van der Waals surface area contributed by atoms with Gasteiger partial charge in [0.25, 0.3) is 0 Å². The highest BCUT2D eigenvalue weighted by Gasteiger charge is 2.23. The zero-order valence-corrected chi connectivity index (χ0v) is 10.8. The molecule has 0 aromatic rings. The summed E-state index contributed by atoms with van der Waals surface area (Å²) in [6, 6.07) is 0. The summed E-state index contributed by atoms with van der Waals surface area (Å²) in [6.07, 6.45) is 5.04. The van der Waals surface area contributed by atoms with E-state index in [0.29, 0.717) is 30.1 Å². The molecule has 0 spiro atoms. The molecule has 1 aliphatic heterocycles. The van der Waals surface area contributed by atoms with E-state index in [-0.39, 0.29) is 11.8 Å². The minimum Gasteiger partial charge on any atom is -0.481 e. The maximum Gasteiger partial charge on any atom is 0.341 e. The minimum absolute atomic E-state index is 0.0188. The fraction of sp³-hybridized carbons (Fsp3) is 0.417. The van der Waals surface area contributed by atoms with Crippen LogP contribution in [0.3, 0.4) is 0 Å². The zero-order valence-electron chi connectivity index (χ0n) is 10.1. The second-order valence-electron chi connectivity index (χ2n) is 4.26. The van der Waals surface area contributed by atoms with Crippen LogP contribution in [-0.2, 0) is 14.3 Å². The second-order valence-corrected chi connectivity index (χ2v) is 4.72. The lowest BCUT2D eigenvalue weighted by atomic mass is 9.91. The van der Waals surface area contributed by atoms with Gasteiger partial charge in [-0.05, 0) is 18.9 Å². The van der Waals surface area contributed by atoms with Gasteiger partial charge < -0.3 is 9.84 Å². The molecule has 102 valence electrons. The largest absolute Gasteiger partial charge is 0.481 e. The van der Waals surface area contributed by atoms with Gasteiger partial charge in [0.15, 0.2) is 6.61 Å². The molecule has 1 atom stereocenters. The van der Waals surface area contributed by atoms with Crippen molar-refractivity contribution in [3.8, 4) is 0 Å². The molecule has 6 nitrogen and oxygen atoms in total. The molecule has 1 aliphatic carbocycles. The van der Waals surface area contributed by atoms with Gasteiger partial charge in [0.1, 0.15) is 5.76 Å². The van der Waals surface area contributed by atoms with E-state index >= 15 is 0 Å². The van der Waals surface area contributed by atoms with Crippen molar-refractivity contribution in [1.82, 2.24) is 5.43 Å². The van der Waals surface area contributed by atoms with Gasteiger partial charge in [0.05, 0.1) is 5.03 Å². The number of aliphatic carboxylic acids is 1. The van der Waals surface area contributed by atoms with Crippen LogP contribution in [0, 0.1) is 5.92 Å². The van der Waals surface area contributed by atoms with Gasteiger partial charge in [-0.25, -0.2) is 10.2 Å². The summed E-state index contributed by atoms with van der Waals surface area (Å²) in [6.45, 7) is -0.419. The summed E-state index contributed by atoms with van der Waals surface area (Å²) in [4.78, 5) is 21.4. The lowest BCUT2D eigenvalue weighted by Gasteiger charge is -2.22. The van der Waals surface area contributed by atoms with Gasteiger partial charge in [0.2, 0.25) is 5.91 Å². The lowest BCUT2D eigenvalue weighted by Crippen LogP contribution is -2.29. The molecular weight excluding hydrogens is 272 g/mol. The van der Waals surface area contributed by atoms with Crippen LogP contribution in [0.4, 0.5) is 0 Å². The Hall–Kier alpha value is -1.82. The summed E-state index contributed by atoms with van der Waals surface area (Å²) >= 11 is 6.08. The maximum atomic E-state index is 11.0. The third-order valence-electron chi connectivity index (χ3n) is 2.86. The first-order valence-corrected chi connectivity index (χ1v) is 6.21. The van der Waals surface area contributed by atoms with E-state index in [1.165, 1.54) is 0 Å². The van der Waals surface area contributed by atoms with Gasteiger partial charge in [-0.3, -0.25) is 4.79 Å². The summed E-state index contributed by atoms with van der Waals surface area (Å²) in [5.74, 6) is -0.742. The maximum absolute atomic E-state index is 11.0. The van der Waals surface area contributed by atoms with Crippen LogP contribution >= 0.6 is 11.6 Å². The molecule has 0 aromatic heterocycles. The number of hydrogen-bond donors (Lipinski definition) is 2. The Balaban J connectivity index is 1.98. The van der Waals surface area contributed by atoms with Crippen molar-refractivity contribution in [2.75, 3.05) is 6.61 Å². The van der Waals surface area contributed by atoms with Crippen LogP contribution in [0.15, 0.2) is 28.0 Å². The Kier molecular flexibility index (Phi) is 4.21. The molecular formula is C12H13ClN2O4. The highest BCUT2D eigenvalue weighted by molar-refractivity contribution is 6.30. The second kappa shape index (κ2) is 5.88. The first kappa shape index (κ1) is 13.6. The molecule has 0 radical (unpaired) electrons. The monoisotopic (exact) mass is 284 g/mol. The van der Waals surface area contributed by atoms with Crippen molar-refractivity contribution in [2.45, 2.75) is 19.3 Å². The highest BCUT2D eigenvalue weighted by Crippen LogP contribution is 2.29. The number of carboxylic acid groups (broad SMARTS) is 1. The number of nitrogens with zero attached hydrogens (tertiary/aromatic N) is 1. The molecule has 0 saturated heterocycles. The van der Waals surface area contributed by atoms with Crippen molar-refractivity contribution in [3.05, 3.63) is 22.9 Å². The van der Waals surface area contributed by atoms with Crippen LogP contribution in [0.5, 0.6) is 0 Å².